The van der Waals surface area contributed by atoms with Gasteiger partial charge in [-0.3, -0.25) is 4.79 Å². The van der Waals surface area contributed by atoms with Crippen molar-refractivity contribution in [1.82, 2.24) is 20.2 Å². The number of carbonyl (C=O) groups excluding carboxylic acids is 1. The van der Waals surface area contributed by atoms with E-state index in [1.807, 2.05) is 0 Å². The highest BCUT2D eigenvalue weighted by Gasteiger charge is 2.28. The molecule has 0 bridgehead atoms. The van der Waals surface area contributed by atoms with Gasteiger partial charge in [-0.05, 0) is 35.4 Å². The van der Waals surface area contributed by atoms with Gasteiger partial charge in [0.25, 0.3) is 0 Å². The molecule has 1 aliphatic rings. The van der Waals surface area contributed by atoms with Gasteiger partial charge in [-0.15, -0.1) is 16.4 Å². The Morgan fingerprint density at radius 1 is 1.48 bits per heavy atom. The van der Waals surface area contributed by atoms with Crippen LogP contribution >= 0.6 is 23.1 Å². The summed E-state index contributed by atoms with van der Waals surface area (Å²) in [5.41, 5.74) is 0. The Balaban J connectivity index is 1.54. The zero-order valence-corrected chi connectivity index (χ0v) is 12.4. The molecule has 2 heterocycles. The summed E-state index contributed by atoms with van der Waals surface area (Å²) in [4.78, 5) is 22.8. The van der Waals surface area contributed by atoms with Crippen molar-refractivity contribution in [1.29, 1.82) is 0 Å². The number of thiophene rings is 1. The predicted octanol–water partition coefficient (Wildman–Crippen LogP) is 1.50. The number of hydrogen-bond acceptors (Lipinski definition) is 7. The molecule has 8 nitrogen and oxygen atoms in total. The molecule has 1 saturated carbocycles. The third-order valence-corrected chi connectivity index (χ3v) is 4.69. The summed E-state index contributed by atoms with van der Waals surface area (Å²) in [7, 11) is 0. The van der Waals surface area contributed by atoms with Crippen LogP contribution in [0.5, 0.6) is 0 Å². The van der Waals surface area contributed by atoms with Crippen LogP contribution < -0.4 is 5.32 Å². The van der Waals surface area contributed by atoms with Crippen molar-refractivity contribution in [3.8, 4) is 0 Å². The number of carbonyl (C=O) groups is 2. The molecule has 0 saturated heterocycles. The number of anilines is 1. The van der Waals surface area contributed by atoms with Crippen molar-refractivity contribution in [2.45, 2.75) is 24.0 Å². The number of rotatable bonds is 6. The van der Waals surface area contributed by atoms with E-state index in [1.54, 1.807) is 10.7 Å². The molecule has 0 spiro atoms. The van der Waals surface area contributed by atoms with Crippen molar-refractivity contribution in [3.05, 3.63) is 17.0 Å². The zero-order chi connectivity index (χ0) is 14.8. The molecule has 2 aromatic heterocycles. The van der Waals surface area contributed by atoms with Crippen LogP contribution in [0, 0.1) is 0 Å². The number of carboxylic acid groups (broad SMARTS) is 1. The van der Waals surface area contributed by atoms with Crippen LogP contribution in [0.15, 0.2) is 17.3 Å². The highest BCUT2D eigenvalue weighted by Crippen LogP contribution is 2.36. The number of carboxylic acids is 1. The molecule has 3 rings (SSSR count). The Kier molecular flexibility index (Phi) is 3.88. The lowest BCUT2D eigenvalue weighted by atomic mass is 10.5. The maximum Gasteiger partial charge on any atom is 0.345 e. The molecular weight excluding hydrogens is 314 g/mol. The lowest BCUT2D eigenvalue weighted by Gasteiger charge is -2.03. The summed E-state index contributed by atoms with van der Waals surface area (Å²) in [6, 6.07) is 3.40. The Hall–Kier alpha value is -1.94. The van der Waals surface area contributed by atoms with E-state index in [-0.39, 0.29) is 16.5 Å². The van der Waals surface area contributed by atoms with Crippen LogP contribution in [0.2, 0.25) is 0 Å². The van der Waals surface area contributed by atoms with Crippen molar-refractivity contribution in [3.63, 3.8) is 0 Å². The van der Waals surface area contributed by atoms with Crippen LogP contribution in [0.4, 0.5) is 5.00 Å². The van der Waals surface area contributed by atoms with Gasteiger partial charge >= 0.3 is 5.97 Å². The smallest absolute Gasteiger partial charge is 0.345 e. The summed E-state index contributed by atoms with van der Waals surface area (Å²) in [5.74, 6) is -1.05. The summed E-state index contributed by atoms with van der Waals surface area (Å²) in [6.07, 6.45) is 2.13. The van der Waals surface area contributed by atoms with Gasteiger partial charge in [0.1, 0.15) is 4.88 Å². The lowest BCUT2D eigenvalue weighted by Crippen LogP contribution is -2.13. The van der Waals surface area contributed by atoms with Gasteiger partial charge in [-0.2, -0.15) is 0 Å². The summed E-state index contributed by atoms with van der Waals surface area (Å²) in [6.45, 7) is 0. The van der Waals surface area contributed by atoms with E-state index in [9.17, 15) is 9.59 Å². The van der Waals surface area contributed by atoms with Gasteiger partial charge in [0.05, 0.1) is 16.8 Å². The predicted molar refractivity (Wildman–Crippen MR) is 76.7 cm³/mol. The summed E-state index contributed by atoms with van der Waals surface area (Å²) in [5, 5.41) is 24.0. The molecule has 0 radical (unpaired) electrons. The molecule has 0 atom stereocenters. The topological polar surface area (TPSA) is 110 Å². The van der Waals surface area contributed by atoms with E-state index in [2.05, 4.69) is 20.8 Å². The van der Waals surface area contributed by atoms with Gasteiger partial charge in [0.15, 0.2) is 0 Å². The Bertz CT molecular complexity index is 679. The fourth-order valence-electron chi connectivity index (χ4n) is 1.65. The third-order valence-electron chi connectivity index (χ3n) is 2.77. The maximum absolute atomic E-state index is 11.8. The number of amides is 1. The highest BCUT2D eigenvalue weighted by molar-refractivity contribution is 7.99. The van der Waals surface area contributed by atoms with E-state index < -0.39 is 5.97 Å². The molecule has 10 heteroatoms. The summed E-state index contributed by atoms with van der Waals surface area (Å²) < 4.78 is 1.74. The molecule has 1 amide bonds. The van der Waals surface area contributed by atoms with E-state index in [4.69, 9.17) is 5.11 Å². The van der Waals surface area contributed by atoms with E-state index >= 15 is 0 Å². The standard InChI is InChI=1S/C11H11N5O3S2/c17-8(12-9-4-3-7(21-9)10(18)19)5-20-11-13-14-15-16(11)6-1-2-6/h3-4,6H,1-2,5H2,(H,12,17)(H,18,19). The molecule has 2 N–H and O–H groups in total. The van der Waals surface area contributed by atoms with E-state index in [0.717, 1.165) is 24.2 Å². The number of hydrogen-bond donors (Lipinski definition) is 2. The number of nitrogens with zero attached hydrogens (tertiary/aromatic N) is 4. The molecule has 0 unspecified atom stereocenters. The monoisotopic (exact) mass is 325 g/mol. The first-order valence-electron chi connectivity index (χ1n) is 6.17. The van der Waals surface area contributed by atoms with Gasteiger partial charge in [-0.1, -0.05) is 11.8 Å². The first kappa shape index (κ1) is 14.0. The van der Waals surface area contributed by atoms with Gasteiger partial charge in [-0.25, -0.2) is 9.48 Å². The fraction of sp³-hybridized carbons (Fsp3) is 0.364. The van der Waals surface area contributed by atoms with Crippen molar-refractivity contribution in [2.75, 3.05) is 11.1 Å². The Labute approximate surface area is 127 Å². The minimum absolute atomic E-state index is 0.174. The normalized spacial score (nSPS) is 14.1. The second-order valence-electron chi connectivity index (χ2n) is 4.44. The quantitative estimate of drug-likeness (QED) is 0.774. The van der Waals surface area contributed by atoms with Gasteiger partial charge in [0, 0.05) is 0 Å². The molecule has 0 aliphatic heterocycles. The van der Waals surface area contributed by atoms with Crippen LogP contribution in [0.1, 0.15) is 28.6 Å². The molecule has 21 heavy (non-hydrogen) atoms. The molecule has 110 valence electrons. The fourth-order valence-corrected chi connectivity index (χ4v) is 3.16. The minimum atomic E-state index is -1.00. The SMILES string of the molecule is O=C(CSc1nnnn1C1CC1)Nc1ccc(C(=O)O)s1. The number of aromatic carboxylic acids is 1. The number of aromatic nitrogens is 4. The second-order valence-corrected chi connectivity index (χ2v) is 6.47. The molecule has 0 aromatic carbocycles. The minimum Gasteiger partial charge on any atom is -0.477 e. The van der Waals surface area contributed by atoms with Crippen LogP contribution in [0.25, 0.3) is 0 Å². The largest absolute Gasteiger partial charge is 0.477 e. The molecular formula is C11H11N5O3S2. The van der Waals surface area contributed by atoms with Crippen LogP contribution in [-0.2, 0) is 4.79 Å². The van der Waals surface area contributed by atoms with Crippen molar-refractivity contribution < 1.29 is 14.7 Å². The van der Waals surface area contributed by atoms with Crippen molar-refractivity contribution >= 4 is 40.0 Å². The van der Waals surface area contributed by atoms with E-state index in [0.29, 0.717) is 16.2 Å². The Morgan fingerprint density at radius 2 is 2.29 bits per heavy atom. The average Bonchev–Trinajstić information content (AvgIpc) is 3.00. The second kappa shape index (κ2) is 5.82. The maximum atomic E-state index is 11.8. The summed E-state index contributed by atoms with van der Waals surface area (Å²) >= 11 is 2.29. The molecule has 1 fully saturated rings. The van der Waals surface area contributed by atoms with Crippen LogP contribution in [0.3, 0.4) is 0 Å². The highest BCUT2D eigenvalue weighted by atomic mass is 32.2. The first-order chi connectivity index (χ1) is 10.1. The number of nitrogens with one attached hydrogen (secondary N) is 1. The van der Waals surface area contributed by atoms with Gasteiger partial charge < -0.3 is 10.4 Å². The number of tetrazole rings is 1. The van der Waals surface area contributed by atoms with Gasteiger partial charge in [0.2, 0.25) is 11.1 Å². The Morgan fingerprint density at radius 3 is 2.95 bits per heavy atom. The number of thioether (sulfide) groups is 1. The van der Waals surface area contributed by atoms with Crippen molar-refractivity contribution in [2.24, 2.45) is 0 Å². The molecule has 2 aromatic rings. The van der Waals surface area contributed by atoms with Crippen LogP contribution in [-0.4, -0.2) is 42.9 Å². The average molecular weight is 325 g/mol. The third kappa shape index (κ3) is 3.39. The van der Waals surface area contributed by atoms with E-state index in [1.165, 1.54) is 17.8 Å². The zero-order valence-electron chi connectivity index (χ0n) is 10.7. The molecule has 1 aliphatic carbocycles. The lowest BCUT2D eigenvalue weighted by molar-refractivity contribution is -0.113. The first-order valence-corrected chi connectivity index (χ1v) is 7.97.